The molecule has 2 saturated heterocycles. The zero-order valence-electron chi connectivity index (χ0n) is 16.6. The Hall–Kier alpha value is -3.10. The first-order chi connectivity index (χ1) is 14.7. The Labute approximate surface area is 174 Å². The summed E-state index contributed by atoms with van der Waals surface area (Å²) in [5.74, 6) is 0.704. The molecule has 5 rings (SSSR count). The molecule has 154 valence electrons. The molecule has 0 N–H and O–H groups in total. The Bertz CT molecular complexity index is 1040. The highest BCUT2D eigenvalue weighted by atomic mass is 16.5. The second-order valence-corrected chi connectivity index (χ2v) is 7.68. The van der Waals surface area contributed by atoms with E-state index in [1.165, 1.54) is 0 Å². The molecule has 1 amide bonds. The molecule has 4 heterocycles. The molecule has 1 atom stereocenters. The number of amides is 1. The van der Waals surface area contributed by atoms with E-state index in [0.717, 1.165) is 16.6 Å². The normalized spacial score (nSPS) is 22.3. The zero-order valence-corrected chi connectivity index (χ0v) is 16.6. The third-order valence-electron chi connectivity index (χ3n) is 5.64. The van der Waals surface area contributed by atoms with E-state index in [1.54, 1.807) is 24.8 Å². The molecule has 30 heavy (non-hydrogen) atoms. The molecule has 1 spiro atoms. The molecule has 0 aliphatic carbocycles. The van der Waals surface area contributed by atoms with Crippen molar-refractivity contribution in [2.75, 3.05) is 50.9 Å². The van der Waals surface area contributed by atoms with Crippen LogP contribution in [0.3, 0.4) is 0 Å². The van der Waals surface area contributed by atoms with Gasteiger partial charge in [0.2, 0.25) is 0 Å². The van der Waals surface area contributed by atoms with Crippen molar-refractivity contribution in [3.8, 4) is 0 Å². The van der Waals surface area contributed by atoms with E-state index in [9.17, 15) is 4.79 Å². The lowest BCUT2D eigenvalue weighted by molar-refractivity contribution is -0.124. The Morgan fingerprint density at radius 3 is 2.83 bits per heavy atom. The molecule has 2 aromatic heterocycles. The fraction of sp³-hybridized carbons (Fsp3) is 0.364. The number of pyridine rings is 1. The summed E-state index contributed by atoms with van der Waals surface area (Å²) >= 11 is 0. The fourth-order valence-corrected chi connectivity index (χ4v) is 4.20. The smallest absolute Gasteiger partial charge is 0.273 e. The van der Waals surface area contributed by atoms with Crippen LogP contribution in [-0.4, -0.2) is 77.4 Å². The van der Waals surface area contributed by atoms with Crippen LogP contribution in [0.15, 0.2) is 55.1 Å². The number of carbonyl (C=O) groups excluding carboxylic acids is 1. The second-order valence-electron chi connectivity index (χ2n) is 7.68. The number of benzene rings is 1. The van der Waals surface area contributed by atoms with Crippen LogP contribution in [0.1, 0.15) is 10.5 Å². The summed E-state index contributed by atoms with van der Waals surface area (Å²) in [6.07, 6.45) is 6.76. The molecule has 0 saturated carbocycles. The van der Waals surface area contributed by atoms with Crippen molar-refractivity contribution >= 4 is 22.5 Å². The van der Waals surface area contributed by atoms with Gasteiger partial charge in [0.05, 0.1) is 39.1 Å². The number of carbonyl (C=O) groups is 1. The molecule has 2 aliphatic rings. The highest BCUT2D eigenvalue weighted by molar-refractivity contribution is 6.05. The largest absolute Gasteiger partial charge is 0.376 e. The maximum atomic E-state index is 13.4. The van der Waals surface area contributed by atoms with Crippen molar-refractivity contribution in [2.24, 2.45) is 0 Å². The van der Waals surface area contributed by atoms with Gasteiger partial charge in [0.15, 0.2) is 0 Å². The van der Waals surface area contributed by atoms with Crippen LogP contribution < -0.4 is 4.90 Å². The Kier molecular flexibility index (Phi) is 5.02. The first-order valence-corrected chi connectivity index (χ1v) is 10.1. The number of hydrogen-bond donors (Lipinski definition) is 0. The van der Waals surface area contributed by atoms with E-state index in [2.05, 4.69) is 19.9 Å². The summed E-state index contributed by atoms with van der Waals surface area (Å²) in [7, 11) is 0. The van der Waals surface area contributed by atoms with Crippen molar-refractivity contribution in [1.29, 1.82) is 0 Å². The van der Waals surface area contributed by atoms with Crippen LogP contribution in [0, 0.1) is 0 Å². The fourth-order valence-electron chi connectivity index (χ4n) is 4.20. The van der Waals surface area contributed by atoms with Crippen molar-refractivity contribution in [1.82, 2.24) is 19.9 Å². The second kappa shape index (κ2) is 7.97. The average Bonchev–Trinajstić information content (AvgIpc) is 3.01. The van der Waals surface area contributed by atoms with Gasteiger partial charge >= 0.3 is 0 Å². The lowest BCUT2D eigenvalue weighted by Crippen LogP contribution is -2.60. The lowest BCUT2D eigenvalue weighted by atomic mass is 10.0. The molecule has 3 aromatic rings. The van der Waals surface area contributed by atoms with Gasteiger partial charge in [-0.15, -0.1) is 0 Å². The van der Waals surface area contributed by atoms with Crippen LogP contribution in [0.2, 0.25) is 0 Å². The minimum Gasteiger partial charge on any atom is -0.376 e. The van der Waals surface area contributed by atoms with Gasteiger partial charge in [-0.05, 0) is 11.5 Å². The van der Waals surface area contributed by atoms with Crippen LogP contribution >= 0.6 is 0 Å². The molecule has 2 fully saturated rings. The molecule has 1 unspecified atom stereocenters. The van der Waals surface area contributed by atoms with Crippen molar-refractivity contribution in [3.05, 3.63) is 60.8 Å². The van der Waals surface area contributed by atoms with E-state index in [0.29, 0.717) is 51.7 Å². The van der Waals surface area contributed by atoms with E-state index in [4.69, 9.17) is 9.47 Å². The van der Waals surface area contributed by atoms with Gasteiger partial charge in [0, 0.05) is 37.1 Å². The summed E-state index contributed by atoms with van der Waals surface area (Å²) in [6.45, 7) is 3.69. The van der Waals surface area contributed by atoms with E-state index in [1.807, 2.05) is 35.2 Å². The average molecular weight is 405 g/mol. The maximum absolute atomic E-state index is 13.4. The van der Waals surface area contributed by atoms with E-state index < -0.39 is 5.60 Å². The zero-order chi connectivity index (χ0) is 20.4. The Morgan fingerprint density at radius 1 is 1.00 bits per heavy atom. The summed E-state index contributed by atoms with van der Waals surface area (Å²) < 4.78 is 12.1. The van der Waals surface area contributed by atoms with Crippen molar-refractivity contribution < 1.29 is 14.3 Å². The highest BCUT2D eigenvalue weighted by Crippen LogP contribution is 2.26. The standard InChI is InChI=1S/C22H23N5O3/c28-21(20-18-4-2-1-3-17(18)5-6-25-20)27-10-12-30-22(15-27)14-26(9-11-29-16-22)19-13-23-7-8-24-19/h1-8,13H,9-12,14-16H2. The number of hydrogen-bond acceptors (Lipinski definition) is 7. The summed E-state index contributed by atoms with van der Waals surface area (Å²) in [6, 6.07) is 9.75. The molecule has 1 aromatic carbocycles. The first kappa shape index (κ1) is 18.9. The minimum absolute atomic E-state index is 0.0789. The quantitative estimate of drug-likeness (QED) is 0.643. The molecule has 0 radical (unpaired) electrons. The monoisotopic (exact) mass is 405 g/mol. The van der Waals surface area contributed by atoms with Gasteiger partial charge in [-0.25, -0.2) is 4.98 Å². The molecular weight excluding hydrogens is 382 g/mol. The third-order valence-corrected chi connectivity index (χ3v) is 5.64. The van der Waals surface area contributed by atoms with Gasteiger partial charge in [0.1, 0.15) is 17.1 Å². The van der Waals surface area contributed by atoms with Gasteiger partial charge in [-0.2, -0.15) is 0 Å². The predicted octanol–water partition coefficient (Wildman–Crippen LogP) is 1.77. The molecule has 8 nitrogen and oxygen atoms in total. The highest BCUT2D eigenvalue weighted by Gasteiger charge is 2.42. The third kappa shape index (κ3) is 3.59. The molecule has 2 aliphatic heterocycles. The Balaban J connectivity index is 1.41. The number of ether oxygens (including phenoxy) is 2. The number of rotatable bonds is 2. The number of morpholine rings is 1. The van der Waals surface area contributed by atoms with Gasteiger partial charge in [-0.1, -0.05) is 24.3 Å². The topological polar surface area (TPSA) is 80.7 Å². The SMILES string of the molecule is O=C(c1nccc2ccccc12)N1CCOC2(COCCN(c3cnccn3)C2)C1. The Morgan fingerprint density at radius 2 is 1.93 bits per heavy atom. The maximum Gasteiger partial charge on any atom is 0.273 e. The predicted molar refractivity (Wildman–Crippen MR) is 111 cm³/mol. The molecule has 0 bridgehead atoms. The summed E-state index contributed by atoms with van der Waals surface area (Å²) in [4.78, 5) is 30.4. The summed E-state index contributed by atoms with van der Waals surface area (Å²) in [5, 5.41) is 1.87. The van der Waals surface area contributed by atoms with Gasteiger partial charge < -0.3 is 19.3 Å². The van der Waals surface area contributed by atoms with Gasteiger partial charge in [-0.3, -0.25) is 14.8 Å². The number of aromatic nitrogens is 3. The van der Waals surface area contributed by atoms with Crippen LogP contribution in [0.25, 0.3) is 10.8 Å². The first-order valence-electron chi connectivity index (χ1n) is 10.1. The van der Waals surface area contributed by atoms with Crippen molar-refractivity contribution in [2.45, 2.75) is 5.60 Å². The van der Waals surface area contributed by atoms with Gasteiger partial charge in [0.25, 0.3) is 5.91 Å². The van der Waals surface area contributed by atoms with E-state index >= 15 is 0 Å². The van der Waals surface area contributed by atoms with Crippen LogP contribution in [0.5, 0.6) is 0 Å². The van der Waals surface area contributed by atoms with Crippen LogP contribution in [-0.2, 0) is 9.47 Å². The molecule has 8 heteroatoms. The molecular formula is C22H23N5O3. The summed E-state index contributed by atoms with van der Waals surface area (Å²) in [5.41, 5.74) is -0.141. The minimum atomic E-state index is -0.619. The number of anilines is 1. The van der Waals surface area contributed by atoms with Crippen molar-refractivity contribution in [3.63, 3.8) is 0 Å². The van der Waals surface area contributed by atoms with Crippen LogP contribution in [0.4, 0.5) is 5.82 Å². The number of fused-ring (bicyclic) bond motifs is 1. The van der Waals surface area contributed by atoms with E-state index in [-0.39, 0.29) is 5.91 Å². The lowest BCUT2D eigenvalue weighted by Gasteiger charge is -2.43. The number of nitrogens with zero attached hydrogens (tertiary/aromatic N) is 5.